The largest absolute Gasteiger partial charge is 0.481 e. The molecule has 1 heterocycles. The number of nitrogens with one attached hydrogen (secondary N) is 1. The zero-order chi connectivity index (χ0) is 12.9. The molecule has 17 heavy (non-hydrogen) atoms. The summed E-state index contributed by atoms with van der Waals surface area (Å²) >= 11 is 0. The van der Waals surface area contributed by atoms with Crippen molar-refractivity contribution < 1.29 is 18.3 Å². The van der Waals surface area contributed by atoms with E-state index in [1.165, 1.54) is 4.31 Å². The van der Waals surface area contributed by atoms with Crippen LogP contribution in [0.15, 0.2) is 0 Å². The van der Waals surface area contributed by atoms with Crippen molar-refractivity contribution in [3.8, 4) is 11.8 Å². The van der Waals surface area contributed by atoms with Crippen LogP contribution < -0.4 is 4.72 Å². The lowest BCUT2D eigenvalue weighted by Gasteiger charge is -2.28. The van der Waals surface area contributed by atoms with E-state index < -0.39 is 22.1 Å². The van der Waals surface area contributed by atoms with Gasteiger partial charge < -0.3 is 5.11 Å². The average molecular weight is 260 g/mol. The zero-order valence-electron chi connectivity index (χ0n) is 9.64. The second kappa shape index (κ2) is 6.00. The van der Waals surface area contributed by atoms with Crippen LogP contribution in [0.4, 0.5) is 0 Å². The van der Waals surface area contributed by atoms with Gasteiger partial charge in [0.2, 0.25) is 0 Å². The van der Waals surface area contributed by atoms with E-state index in [4.69, 9.17) is 5.11 Å². The number of carbonyl (C=O) groups is 1. The van der Waals surface area contributed by atoms with E-state index in [1.54, 1.807) is 6.92 Å². The van der Waals surface area contributed by atoms with Gasteiger partial charge in [-0.3, -0.25) is 4.79 Å². The highest BCUT2D eigenvalue weighted by Gasteiger charge is 2.30. The maximum atomic E-state index is 11.7. The molecular formula is C10H16N2O4S. The maximum absolute atomic E-state index is 11.7. The topological polar surface area (TPSA) is 86.7 Å². The molecule has 1 saturated heterocycles. The molecule has 0 spiro atoms. The molecule has 7 heteroatoms. The van der Waals surface area contributed by atoms with Gasteiger partial charge in [-0.05, 0) is 19.8 Å². The fraction of sp³-hybridized carbons (Fsp3) is 0.700. The summed E-state index contributed by atoms with van der Waals surface area (Å²) < 4.78 is 27.1. The Kier molecular flexibility index (Phi) is 4.93. The Balaban J connectivity index is 2.51. The molecule has 0 amide bonds. The van der Waals surface area contributed by atoms with Crippen LogP contribution in [0, 0.1) is 17.8 Å². The highest BCUT2D eigenvalue weighted by atomic mass is 32.2. The normalized spacial score (nSPS) is 18.4. The number of carboxylic acid groups (broad SMARTS) is 1. The second-order valence-electron chi connectivity index (χ2n) is 3.76. The Morgan fingerprint density at radius 2 is 2.06 bits per heavy atom. The van der Waals surface area contributed by atoms with Crippen molar-refractivity contribution in [1.29, 1.82) is 0 Å². The van der Waals surface area contributed by atoms with Crippen LogP contribution >= 0.6 is 0 Å². The first-order valence-corrected chi connectivity index (χ1v) is 6.78. The number of rotatable bonds is 4. The van der Waals surface area contributed by atoms with Crippen LogP contribution in [0.3, 0.4) is 0 Å². The Morgan fingerprint density at radius 1 is 1.47 bits per heavy atom. The minimum atomic E-state index is -3.52. The molecule has 6 nitrogen and oxygen atoms in total. The third kappa shape index (κ3) is 4.00. The summed E-state index contributed by atoms with van der Waals surface area (Å²) in [6.07, 6.45) is 0.714. The van der Waals surface area contributed by atoms with Gasteiger partial charge in [0.15, 0.2) is 0 Å². The summed E-state index contributed by atoms with van der Waals surface area (Å²) in [6.45, 7) is 2.20. The first-order chi connectivity index (χ1) is 7.97. The third-order valence-corrected chi connectivity index (χ3v) is 4.22. The molecule has 1 aliphatic heterocycles. The van der Waals surface area contributed by atoms with Gasteiger partial charge in [-0.2, -0.15) is 17.4 Å². The zero-order valence-corrected chi connectivity index (χ0v) is 10.5. The predicted molar refractivity (Wildman–Crippen MR) is 62.3 cm³/mol. The van der Waals surface area contributed by atoms with Crippen LogP contribution in [0.25, 0.3) is 0 Å². The molecule has 1 fully saturated rings. The smallest absolute Gasteiger partial charge is 0.306 e. The van der Waals surface area contributed by atoms with E-state index in [9.17, 15) is 13.2 Å². The average Bonchev–Trinajstić information content (AvgIpc) is 2.29. The molecule has 1 rings (SSSR count). The summed E-state index contributed by atoms with van der Waals surface area (Å²) in [5.41, 5.74) is 0. The number of aliphatic carboxylic acids is 1. The van der Waals surface area contributed by atoms with E-state index in [2.05, 4.69) is 16.6 Å². The summed E-state index contributed by atoms with van der Waals surface area (Å²) in [5.74, 6) is 3.91. The minimum Gasteiger partial charge on any atom is -0.481 e. The van der Waals surface area contributed by atoms with E-state index in [0.717, 1.165) is 0 Å². The molecule has 0 radical (unpaired) electrons. The van der Waals surface area contributed by atoms with Gasteiger partial charge in [0.1, 0.15) is 0 Å². The maximum Gasteiger partial charge on any atom is 0.306 e. The Bertz CT molecular complexity index is 427. The van der Waals surface area contributed by atoms with Gasteiger partial charge in [-0.1, -0.05) is 5.92 Å². The number of hydrogen-bond donors (Lipinski definition) is 2. The molecule has 0 bridgehead atoms. The SMILES string of the molecule is CC#CCNS(=O)(=O)N1CCC(C(=O)O)CC1. The summed E-state index contributed by atoms with van der Waals surface area (Å²) in [5, 5.41) is 8.80. The Hall–Kier alpha value is -1.10. The highest BCUT2D eigenvalue weighted by molar-refractivity contribution is 7.87. The number of piperidine rings is 1. The lowest BCUT2D eigenvalue weighted by molar-refractivity contribution is -0.142. The molecule has 0 unspecified atom stereocenters. The molecule has 0 aromatic heterocycles. The highest BCUT2D eigenvalue weighted by Crippen LogP contribution is 2.18. The molecule has 0 aromatic carbocycles. The van der Waals surface area contributed by atoms with Gasteiger partial charge in [0.05, 0.1) is 12.5 Å². The van der Waals surface area contributed by atoms with Crippen LogP contribution in [0.1, 0.15) is 19.8 Å². The Morgan fingerprint density at radius 3 is 2.53 bits per heavy atom. The lowest BCUT2D eigenvalue weighted by atomic mass is 9.99. The third-order valence-electron chi connectivity index (χ3n) is 2.66. The fourth-order valence-corrected chi connectivity index (χ4v) is 2.78. The van der Waals surface area contributed by atoms with Crippen molar-refractivity contribution in [1.82, 2.24) is 9.03 Å². The molecule has 0 aromatic rings. The summed E-state index contributed by atoms with van der Waals surface area (Å²) in [7, 11) is -3.52. The Labute approximate surface area is 101 Å². The van der Waals surface area contributed by atoms with Crippen molar-refractivity contribution in [2.75, 3.05) is 19.6 Å². The van der Waals surface area contributed by atoms with Crippen LogP contribution in [-0.4, -0.2) is 43.4 Å². The van der Waals surface area contributed by atoms with E-state index in [-0.39, 0.29) is 19.6 Å². The lowest BCUT2D eigenvalue weighted by Crippen LogP contribution is -2.46. The molecule has 96 valence electrons. The quantitative estimate of drug-likeness (QED) is 0.676. The van der Waals surface area contributed by atoms with Crippen LogP contribution in [-0.2, 0) is 15.0 Å². The van der Waals surface area contributed by atoms with Crippen molar-refractivity contribution >= 4 is 16.2 Å². The number of carboxylic acids is 1. The first kappa shape index (κ1) is 14.0. The second-order valence-corrected chi connectivity index (χ2v) is 5.52. The molecule has 0 atom stereocenters. The van der Waals surface area contributed by atoms with Crippen molar-refractivity contribution in [3.05, 3.63) is 0 Å². The summed E-state index contributed by atoms with van der Waals surface area (Å²) in [6, 6.07) is 0. The van der Waals surface area contributed by atoms with Crippen LogP contribution in [0.2, 0.25) is 0 Å². The van der Waals surface area contributed by atoms with Crippen LogP contribution in [0.5, 0.6) is 0 Å². The monoisotopic (exact) mass is 260 g/mol. The van der Waals surface area contributed by atoms with Gasteiger partial charge >= 0.3 is 5.97 Å². The molecule has 0 aliphatic carbocycles. The van der Waals surface area contributed by atoms with E-state index in [0.29, 0.717) is 12.8 Å². The van der Waals surface area contributed by atoms with Gasteiger partial charge in [0, 0.05) is 13.1 Å². The van der Waals surface area contributed by atoms with Gasteiger partial charge in [-0.15, -0.1) is 5.92 Å². The predicted octanol–water partition coefficient (Wildman–Crippen LogP) is -0.359. The molecular weight excluding hydrogens is 244 g/mol. The standard InChI is InChI=1S/C10H16N2O4S/c1-2-3-6-11-17(15,16)12-7-4-9(5-8-12)10(13)14/h9,11H,4-8H2,1H3,(H,13,14). The van der Waals surface area contributed by atoms with Crippen molar-refractivity contribution in [3.63, 3.8) is 0 Å². The van der Waals surface area contributed by atoms with Crippen molar-refractivity contribution in [2.45, 2.75) is 19.8 Å². The van der Waals surface area contributed by atoms with Crippen molar-refractivity contribution in [2.24, 2.45) is 5.92 Å². The molecule has 2 N–H and O–H groups in total. The van der Waals surface area contributed by atoms with E-state index in [1.807, 2.05) is 0 Å². The molecule has 1 aliphatic rings. The number of nitrogens with zero attached hydrogens (tertiary/aromatic N) is 1. The fourth-order valence-electron chi connectivity index (χ4n) is 1.65. The summed E-state index contributed by atoms with van der Waals surface area (Å²) in [4.78, 5) is 10.7. The van der Waals surface area contributed by atoms with E-state index >= 15 is 0 Å². The number of hydrogen-bond acceptors (Lipinski definition) is 3. The molecule has 0 saturated carbocycles. The van der Waals surface area contributed by atoms with Gasteiger partial charge in [0.25, 0.3) is 10.2 Å². The first-order valence-electron chi connectivity index (χ1n) is 5.34. The van der Waals surface area contributed by atoms with Gasteiger partial charge in [-0.25, -0.2) is 0 Å². The minimum absolute atomic E-state index is 0.0810.